The molecule has 1 atom stereocenters. The lowest BCUT2D eigenvalue weighted by molar-refractivity contribution is -0.140. The van der Waals surface area contributed by atoms with Crippen molar-refractivity contribution in [1.29, 1.82) is 0 Å². The van der Waals surface area contributed by atoms with E-state index in [0.717, 1.165) is 0 Å². The van der Waals surface area contributed by atoms with E-state index < -0.39 is 12.0 Å². The predicted octanol–water partition coefficient (Wildman–Crippen LogP) is 3.52. The zero-order chi connectivity index (χ0) is 12.1. The van der Waals surface area contributed by atoms with Gasteiger partial charge in [-0.3, -0.25) is 4.79 Å². The molecule has 0 aromatic heterocycles. The second-order valence-corrected chi connectivity index (χ2v) is 3.85. The number of carbonyl (C=O) groups excluding carboxylic acids is 1. The lowest BCUT2D eigenvalue weighted by Gasteiger charge is -2.07. The van der Waals surface area contributed by atoms with Crippen molar-refractivity contribution in [3.05, 3.63) is 45.2 Å². The van der Waals surface area contributed by atoms with Gasteiger partial charge in [-0.05, 0) is 12.1 Å². The first-order valence-corrected chi connectivity index (χ1v) is 5.23. The van der Waals surface area contributed by atoms with E-state index in [0.29, 0.717) is 15.6 Å². The van der Waals surface area contributed by atoms with E-state index in [1.54, 1.807) is 18.2 Å². The molecule has 0 N–H and O–H groups in total. The molecule has 16 heavy (non-hydrogen) atoms. The van der Waals surface area contributed by atoms with Crippen molar-refractivity contribution in [2.75, 3.05) is 7.11 Å². The summed E-state index contributed by atoms with van der Waals surface area (Å²) in [5.74, 6) is -0.447. The maximum Gasteiger partial charge on any atom is 0.313 e. The Morgan fingerprint density at radius 1 is 1.56 bits per heavy atom. The summed E-state index contributed by atoms with van der Waals surface area (Å²) < 4.78 is 4.52. The second-order valence-electron chi connectivity index (χ2n) is 3.07. The van der Waals surface area contributed by atoms with Gasteiger partial charge in [0, 0.05) is 0 Å². The number of hydrogen-bond acceptors (Lipinski definition) is 2. The van der Waals surface area contributed by atoms with Gasteiger partial charge in [0.05, 0.1) is 22.7 Å². The molecule has 0 saturated carbocycles. The molecule has 1 rings (SSSR count). The number of benzene rings is 1. The van der Waals surface area contributed by atoms with Crippen LogP contribution in [0, 0.1) is 6.57 Å². The van der Waals surface area contributed by atoms with Crippen molar-refractivity contribution in [3.63, 3.8) is 0 Å². The lowest BCUT2D eigenvalue weighted by atomic mass is 10.0. The molecular formula is C11H9Cl2NO2. The van der Waals surface area contributed by atoms with Crippen LogP contribution in [-0.2, 0) is 9.53 Å². The molecule has 0 bridgehead atoms. The van der Waals surface area contributed by atoms with Gasteiger partial charge >= 0.3 is 5.97 Å². The number of halogens is 2. The Kier molecular flexibility index (Phi) is 4.60. The SMILES string of the molecule is [C-]#[N+]C(CC(=O)OC)c1cccc(Cl)c1Cl. The number of methoxy groups -OCH3 is 1. The van der Waals surface area contributed by atoms with Crippen LogP contribution in [0.3, 0.4) is 0 Å². The third-order valence-corrected chi connectivity index (χ3v) is 2.92. The molecule has 5 heteroatoms. The summed E-state index contributed by atoms with van der Waals surface area (Å²) in [6.07, 6.45) is -0.0277. The maximum absolute atomic E-state index is 11.1. The largest absolute Gasteiger partial charge is 0.469 e. The van der Waals surface area contributed by atoms with Gasteiger partial charge in [0.15, 0.2) is 0 Å². The minimum Gasteiger partial charge on any atom is -0.469 e. The van der Waals surface area contributed by atoms with E-state index in [-0.39, 0.29) is 6.42 Å². The predicted molar refractivity (Wildman–Crippen MR) is 62.4 cm³/mol. The van der Waals surface area contributed by atoms with Gasteiger partial charge in [-0.15, -0.1) is 0 Å². The lowest BCUT2D eigenvalue weighted by Crippen LogP contribution is -2.06. The molecule has 1 aromatic carbocycles. The van der Waals surface area contributed by atoms with E-state index in [1.807, 2.05) is 0 Å². The summed E-state index contributed by atoms with van der Waals surface area (Å²) in [4.78, 5) is 14.5. The second kappa shape index (κ2) is 5.74. The van der Waals surface area contributed by atoms with Crippen LogP contribution in [-0.4, -0.2) is 13.1 Å². The fourth-order valence-corrected chi connectivity index (χ4v) is 1.68. The normalized spacial score (nSPS) is 11.6. The Labute approximate surface area is 104 Å². The molecule has 1 aromatic rings. The highest BCUT2D eigenvalue weighted by Crippen LogP contribution is 2.33. The van der Waals surface area contributed by atoms with Crippen molar-refractivity contribution < 1.29 is 9.53 Å². The first-order valence-electron chi connectivity index (χ1n) is 4.47. The fourth-order valence-electron chi connectivity index (χ4n) is 1.24. The fraction of sp³-hybridized carbons (Fsp3) is 0.273. The molecule has 0 heterocycles. The number of hydrogen-bond donors (Lipinski definition) is 0. The van der Waals surface area contributed by atoms with E-state index >= 15 is 0 Å². The molecule has 0 amide bonds. The van der Waals surface area contributed by atoms with Gasteiger partial charge in [-0.25, -0.2) is 6.57 Å². The highest BCUT2D eigenvalue weighted by molar-refractivity contribution is 6.42. The molecule has 0 saturated heterocycles. The Balaban J connectivity index is 3.01. The van der Waals surface area contributed by atoms with Crippen LogP contribution in [0.15, 0.2) is 18.2 Å². The minimum atomic E-state index is -0.654. The molecule has 84 valence electrons. The maximum atomic E-state index is 11.1. The number of carbonyl (C=O) groups is 1. The number of ether oxygens (including phenoxy) is 1. The van der Waals surface area contributed by atoms with Crippen molar-refractivity contribution in [3.8, 4) is 0 Å². The zero-order valence-corrected chi connectivity index (χ0v) is 10.0. The Hall–Kier alpha value is -1.24. The first kappa shape index (κ1) is 12.8. The summed E-state index contributed by atoms with van der Waals surface area (Å²) >= 11 is 11.8. The van der Waals surface area contributed by atoms with Crippen LogP contribution in [0.2, 0.25) is 10.0 Å². The van der Waals surface area contributed by atoms with Crippen LogP contribution in [0.25, 0.3) is 4.85 Å². The molecule has 3 nitrogen and oxygen atoms in total. The molecule has 0 aliphatic heterocycles. The van der Waals surface area contributed by atoms with Gasteiger partial charge in [0.2, 0.25) is 0 Å². The van der Waals surface area contributed by atoms with Crippen LogP contribution >= 0.6 is 23.2 Å². The highest BCUT2D eigenvalue weighted by Gasteiger charge is 2.24. The molecule has 0 aliphatic rings. The standard InChI is InChI=1S/C11H9Cl2NO2/c1-14-9(6-10(15)16-2)7-4-3-5-8(12)11(7)13/h3-5,9H,6H2,2H3. The summed E-state index contributed by atoms with van der Waals surface area (Å²) in [6, 6.07) is 4.35. The third kappa shape index (κ3) is 2.88. The first-order chi connectivity index (χ1) is 7.60. The monoisotopic (exact) mass is 257 g/mol. The highest BCUT2D eigenvalue weighted by atomic mass is 35.5. The molecule has 1 unspecified atom stereocenters. The summed E-state index contributed by atoms with van der Waals surface area (Å²) in [5.41, 5.74) is 0.551. The third-order valence-electron chi connectivity index (χ3n) is 2.08. The van der Waals surface area contributed by atoms with E-state index in [9.17, 15) is 4.79 Å². The molecule has 0 spiro atoms. The number of esters is 1. The van der Waals surface area contributed by atoms with Crippen molar-refractivity contribution in [2.45, 2.75) is 12.5 Å². The summed E-state index contributed by atoms with van der Waals surface area (Å²) in [5, 5.41) is 0.687. The molecular weight excluding hydrogens is 249 g/mol. The van der Waals surface area contributed by atoms with E-state index in [1.165, 1.54) is 7.11 Å². The molecule has 0 aliphatic carbocycles. The Bertz CT molecular complexity index is 440. The topological polar surface area (TPSA) is 30.7 Å². The van der Waals surface area contributed by atoms with Gasteiger partial charge in [0.1, 0.15) is 6.42 Å². The van der Waals surface area contributed by atoms with Gasteiger partial charge in [0.25, 0.3) is 6.04 Å². The molecule has 0 fully saturated rings. The minimum absolute atomic E-state index is 0.0277. The van der Waals surface area contributed by atoms with Crippen molar-refractivity contribution in [1.82, 2.24) is 0 Å². The average molecular weight is 258 g/mol. The van der Waals surface area contributed by atoms with E-state index in [4.69, 9.17) is 29.8 Å². The quantitative estimate of drug-likeness (QED) is 0.613. The van der Waals surface area contributed by atoms with Crippen LogP contribution in [0.5, 0.6) is 0 Å². The van der Waals surface area contributed by atoms with E-state index in [2.05, 4.69) is 9.58 Å². The average Bonchev–Trinajstić information content (AvgIpc) is 2.29. The number of rotatable bonds is 3. The van der Waals surface area contributed by atoms with Crippen molar-refractivity contribution in [2.24, 2.45) is 0 Å². The smallest absolute Gasteiger partial charge is 0.313 e. The van der Waals surface area contributed by atoms with Crippen LogP contribution in [0.4, 0.5) is 0 Å². The Morgan fingerprint density at radius 3 is 2.81 bits per heavy atom. The number of nitrogens with zero attached hydrogens (tertiary/aromatic N) is 1. The summed E-state index contributed by atoms with van der Waals surface area (Å²) in [6.45, 7) is 7.05. The Morgan fingerprint density at radius 2 is 2.25 bits per heavy atom. The van der Waals surface area contributed by atoms with Crippen LogP contribution < -0.4 is 0 Å². The molecule has 0 radical (unpaired) electrons. The van der Waals surface area contributed by atoms with Crippen LogP contribution in [0.1, 0.15) is 18.0 Å². The van der Waals surface area contributed by atoms with Gasteiger partial charge in [-0.1, -0.05) is 29.3 Å². The van der Waals surface area contributed by atoms with Gasteiger partial charge in [-0.2, -0.15) is 0 Å². The van der Waals surface area contributed by atoms with Gasteiger partial charge < -0.3 is 9.58 Å². The zero-order valence-electron chi connectivity index (χ0n) is 8.54. The van der Waals surface area contributed by atoms with Crippen molar-refractivity contribution >= 4 is 29.2 Å². The summed E-state index contributed by atoms with van der Waals surface area (Å²) in [7, 11) is 1.28.